The zero-order valence-corrected chi connectivity index (χ0v) is 13.9. The van der Waals surface area contributed by atoms with Crippen LogP contribution in [-0.4, -0.2) is 25.2 Å². The molecule has 2 fully saturated rings. The van der Waals surface area contributed by atoms with E-state index < -0.39 is 0 Å². The number of carbonyl (C=O) groups is 2. The van der Waals surface area contributed by atoms with Gasteiger partial charge in [-0.05, 0) is 50.4 Å². The number of allylic oxidation sites excluding steroid dienone is 2. The Morgan fingerprint density at radius 3 is 2.17 bits per heavy atom. The van der Waals surface area contributed by atoms with Crippen LogP contribution >= 0.6 is 0 Å². The number of fused-ring (bicyclic) bond motifs is 4. The van der Waals surface area contributed by atoms with Crippen LogP contribution in [0.2, 0.25) is 0 Å². The summed E-state index contributed by atoms with van der Waals surface area (Å²) in [6, 6.07) is 0. The number of esters is 2. The Morgan fingerprint density at radius 1 is 0.875 bits per heavy atom. The Bertz CT molecular complexity index is 611. The van der Waals surface area contributed by atoms with E-state index in [0.717, 1.165) is 38.5 Å². The number of ether oxygens (including phenoxy) is 2. The SMILES string of the molecule is O=C(OCCCCOC(=O)C1CC2C=CC1C2)C1CC2C#CC1C2. The van der Waals surface area contributed by atoms with Gasteiger partial charge in [-0.1, -0.05) is 24.0 Å². The maximum atomic E-state index is 12.1. The maximum Gasteiger partial charge on any atom is 0.310 e. The number of rotatable bonds is 7. The molecule has 0 aliphatic heterocycles. The first-order chi connectivity index (χ1) is 11.7. The number of unbranched alkanes of at least 4 members (excludes halogenated alkanes) is 1. The average molecular weight is 328 g/mol. The molecule has 4 heteroatoms. The van der Waals surface area contributed by atoms with E-state index in [2.05, 4.69) is 24.0 Å². The molecule has 4 rings (SSSR count). The van der Waals surface area contributed by atoms with Gasteiger partial charge in [0.1, 0.15) is 0 Å². The van der Waals surface area contributed by atoms with Crippen molar-refractivity contribution in [3.05, 3.63) is 12.2 Å². The fraction of sp³-hybridized carbons (Fsp3) is 0.700. The van der Waals surface area contributed by atoms with Crippen LogP contribution in [0, 0.1) is 47.3 Å². The third-order valence-electron chi connectivity index (χ3n) is 5.95. The molecule has 0 amide bonds. The Morgan fingerprint density at radius 2 is 1.62 bits per heavy atom. The summed E-state index contributed by atoms with van der Waals surface area (Å²) in [5.41, 5.74) is 0. The molecule has 0 saturated heterocycles. The Labute approximate surface area is 143 Å². The van der Waals surface area contributed by atoms with Gasteiger partial charge >= 0.3 is 11.9 Å². The predicted molar refractivity (Wildman–Crippen MR) is 87.5 cm³/mol. The smallest absolute Gasteiger partial charge is 0.310 e. The molecular formula is C20H24O4. The van der Waals surface area contributed by atoms with Gasteiger partial charge in [0.2, 0.25) is 0 Å². The van der Waals surface area contributed by atoms with Gasteiger partial charge in [0.25, 0.3) is 0 Å². The lowest BCUT2D eigenvalue weighted by Gasteiger charge is -2.17. The first-order valence-corrected chi connectivity index (χ1v) is 9.23. The van der Waals surface area contributed by atoms with Crippen molar-refractivity contribution in [2.24, 2.45) is 35.5 Å². The second kappa shape index (κ2) is 6.63. The van der Waals surface area contributed by atoms with Crippen LogP contribution in [0.5, 0.6) is 0 Å². The van der Waals surface area contributed by atoms with Gasteiger partial charge in [0.05, 0.1) is 25.0 Å². The highest BCUT2D eigenvalue weighted by Crippen LogP contribution is 2.44. The van der Waals surface area contributed by atoms with E-state index in [1.165, 1.54) is 0 Å². The van der Waals surface area contributed by atoms with Crippen LogP contribution in [0.3, 0.4) is 0 Å². The summed E-state index contributed by atoms with van der Waals surface area (Å²) in [5, 5.41) is 0. The van der Waals surface area contributed by atoms with Crippen molar-refractivity contribution >= 4 is 11.9 Å². The highest BCUT2D eigenvalue weighted by atomic mass is 16.5. The molecule has 0 aromatic rings. The molecule has 0 spiro atoms. The molecule has 6 atom stereocenters. The second-order valence-electron chi connectivity index (χ2n) is 7.60. The summed E-state index contributed by atoms with van der Waals surface area (Å²) in [6.45, 7) is 0.835. The van der Waals surface area contributed by atoms with E-state index >= 15 is 0 Å². The van der Waals surface area contributed by atoms with Crippen molar-refractivity contribution in [1.29, 1.82) is 0 Å². The molecule has 4 nitrogen and oxygen atoms in total. The minimum atomic E-state index is -0.0951. The van der Waals surface area contributed by atoms with Crippen LogP contribution in [0.25, 0.3) is 0 Å². The molecule has 0 N–H and O–H groups in total. The molecule has 6 unspecified atom stereocenters. The zero-order valence-electron chi connectivity index (χ0n) is 13.9. The summed E-state index contributed by atoms with van der Waals surface area (Å²) in [4.78, 5) is 24.1. The fourth-order valence-corrected chi connectivity index (χ4v) is 4.62. The molecule has 4 bridgehead atoms. The predicted octanol–water partition coefficient (Wildman–Crippen LogP) is 2.72. The van der Waals surface area contributed by atoms with E-state index in [1.54, 1.807) is 0 Å². The van der Waals surface area contributed by atoms with Gasteiger partial charge in [0.15, 0.2) is 0 Å². The minimum Gasteiger partial charge on any atom is -0.465 e. The van der Waals surface area contributed by atoms with Gasteiger partial charge < -0.3 is 9.47 Å². The topological polar surface area (TPSA) is 52.6 Å². The van der Waals surface area contributed by atoms with Gasteiger partial charge in [-0.25, -0.2) is 0 Å². The summed E-state index contributed by atoms with van der Waals surface area (Å²) < 4.78 is 10.8. The quantitative estimate of drug-likeness (QED) is 0.312. The third kappa shape index (κ3) is 3.09. The van der Waals surface area contributed by atoms with Crippen molar-refractivity contribution in [3.8, 4) is 11.8 Å². The fourth-order valence-electron chi connectivity index (χ4n) is 4.62. The minimum absolute atomic E-state index is 0.0140. The maximum absolute atomic E-state index is 12.1. The normalized spacial score (nSPS) is 37.3. The number of hydrogen-bond donors (Lipinski definition) is 0. The Hall–Kier alpha value is -1.76. The molecule has 0 aromatic heterocycles. The number of carbonyl (C=O) groups excluding carboxylic acids is 2. The molecule has 0 radical (unpaired) electrons. The monoisotopic (exact) mass is 328 g/mol. The van der Waals surface area contributed by atoms with E-state index in [1.807, 2.05) is 0 Å². The molecule has 2 saturated carbocycles. The first-order valence-electron chi connectivity index (χ1n) is 9.23. The average Bonchev–Trinajstić information content (AvgIpc) is 3.37. The van der Waals surface area contributed by atoms with E-state index in [0.29, 0.717) is 31.0 Å². The van der Waals surface area contributed by atoms with Gasteiger partial charge in [-0.15, -0.1) is 0 Å². The van der Waals surface area contributed by atoms with Crippen molar-refractivity contribution in [2.45, 2.75) is 38.5 Å². The van der Waals surface area contributed by atoms with Crippen LogP contribution in [0.4, 0.5) is 0 Å². The van der Waals surface area contributed by atoms with Crippen molar-refractivity contribution < 1.29 is 19.1 Å². The molecular weight excluding hydrogens is 304 g/mol. The van der Waals surface area contributed by atoms with Gasteiger partial charge in [-0.3, -0.25) is 9.59 Å². The summed E-state index contributed by atoms with van der Waals surface area (Å²) in [7, 11) is 0. The lowest BCUT2D eigenvalue weighted by molar-refractivity contribution is -0.151. The van der Waals surface area contributed by atoms with Crippen molar-refractivity contribution in [1.82, 2.24) is 0 Å². The Kier molecular flexibility index (Phi) is 4.35. The second-order valence-corrected chi connectivity index (χ2v) is 7.60. The lowest BCUT2D eigenvalue weighted by atomic mass is 9.94. The number of hydrogen-bond acceptors (Lipinski definition) is 4. The van der Waals surface area contributed by atoms with Crippen LogP contribution < -0.4 is 0 Å². The summed E-state index contributed by atoms with van der Waals surface area (Å²) in [5.74, 6) is 7.81. The van der Waals surface area contributed by atoms with Gasteiger partial charge in [0, 0.05) is 11.8 Å². The van der Waals surface area contributed by atoms with Gasteiger partial charge in [-0.2, -0.15) is 0 Å². The zero-order chi connectivity index (χ0) is 16.5. The van der Waals surface area contributed by atoms with E-state index in [9.17, 15) is 9.59 Å². The summed E-state index contributed by atoms with van der Waals surface area (Å²) in [6.07, 6.45) is 9.81. The van der Waals surface area contributed by atoms with Crippen LogP contribution in [0.1, 0.15) is 38.5 Å². The molecule has 0 aromatic carbocycles. The first kappa shape index (κ1) is 15.7. The lowest BCUT2D eigenvalue weighted by Crippen LogP contribution is -2.23. The standard InChI is InChI=1S/C20H24O4/c21-19(17-11-13-3-5-15(17)9-13)23-7-1-2-8-24-20(22)18-12-14-4-6-16(18)10-14/h3,5,13-18H,1-2,7-12H2. The highest BCUT2D eigenvalue weighted by molar-refractivity contribution is 5.74. The molecule has 128 valence electrons. The molecule has 4 aliphatic rings. The van der Waals surface area contributed by atoms with Crippen molar-refractivity contribution in [3.63, 3.8) is 0 Å². The van der Waals surface area contributed by atoms with E-state index in [-0.39, 0.29) is 29.7 Å². The largest absolute Gasteiger partial charge is 0.465 e. The molecule has 0 heterocycles. The summed E-state index contributed by atoms with van der Waals surface area (Å²) >= 11 is 0. The Balaban J connectivity index is 1.08. The third-order valence-corrected chi connectivity index (χ3v) is 5.95. The molecule has 24 heavy (non-hydrogen) atoms. The highest BCUT2D eigenvalue weighted by Gasteiger charge is 2.41. The van der Waals surface area contributed by atoms with Crippen LogP contribution in [0.15, 0.2) is 12.2 Å². The van der Waals surface area contributed by atoms with E-state index in [4.69, 9.17) is 9.47 Å². The molecule has 4 aliphatic carbocycles. The van der Waals surface area contributed by atoms with Crippen LogP contribution in [-0.2, 0) is 19.1 Å². The van der Waals surface area contributed by atoms with Crippen molar-refractivity contribution in [2.75, 3.05) is 13.2 Å².